The van der Waals surface area contributed by atoms with E-state index >= 15 is 0 Å². The second-order valence-electron chi connectivity index (χ2n) is 1.30. The van der Waals surface area contributed by atoms with Gasteiger partial charge in [0.1, 0.15) is 0 Å². The van der Waals surface area contributed by atoms with E-state index in [1.807, 2.05) is 0 Å². The minimum Gasteiger partial charge on any atom is -0.475 e. The lowest BCUT2D eigenvalue weighted by molar-refractivity contribution is -0.683. The number of halogens is 3. The first-order valence-electron chi connectivity index (χ1n) is 2.25. The molecule has 13 heavy (non-hydrogen) atoms. The number of carbonyl (C=O) groups is 1. The highest BCUT2D eigenvalue weighted by Gasteiger charge is 2.51. The van der Waals surface area contributed by atoms with Crippen LogP contribution < -0.4 is 0 Å². The summed E-state index contributed by atoms with van der Waals surface area (Å²) in [5.74, 6) is -6.08. The molecule has 0 unspecified atom stereocenters. The van der Waals surface area contributed by atoms with E-state index in [0.717, 1.165) is 0 Å². The summed E-state index contributed by atoms with van der Waals surface area (Å²) >= 11 is 0. The van der Waals surface area contributed by atoms with Gasteiger partial charge >= 0.3 is 11.9 Å². The highest BCUT2D eigenvalue weighted by molar-refractivity contribution is 5.73. The minimum absolute atomic E-state index is 2.25. The monoisotopic (exact) mass is 210 g/mol. The third-order valence-electron chi connectivity index (χ3n) is 0.686. The number of hydrogen-bond acceptors (Lipinski definition) is 7. The van der Waals surface area contributed by atoms with E-state index in [0.29, 0.717) is 0 Å². The van der Waals surface area contributed by atoms with E-state index in [1.54, 1.807) is 0 Å². The van der Waals surface area contributed by atoms with Gasteiger partial charge in [0.15, 0.2) is 0 Å². The van der Waals surface area contributed by atoms with Crippen LogP contribution in [0.15, 0.2) is 0 Å². The van der Waals surface area contributed by atoms with Crippen molar-refractivity contribution in [3.05, 3.63) is 0 Å². The van der Waals surface area contributed by atoms with Gasteiger partial charge in [0.25, 0.3) is 0 Å². The molecule has 0 atom stereocenters. The van der Waals surface area contributed by atoms with Crippen molar-refractivity contribution < 1.29 is 53.4 Å². The van der Waals surface area contributed by atoms with Gasteiger partial charge in [-0.05, 0) is 28.9 Å². The summed E-state index contributed by atoms with van der Waals surface area (Å²) in [6.07, 6.45) is 0. The molecule has 0 aromatic heterocycles. The first-order valence-corrected chi connectivity index (χ1v) is 2.25. The van der Waals surface area contributed by atoms with Crippen molar-refractivity contribution in [2.45, 2.75) is 5.97 Å². The number of carboxylic acid groups (broad SMARTS) is 1. The molecule has 0 aliphatic rings. The molecule has 78 valence electrons. The molecule has 0 aliphatic carbocycles. The lowest BCUT2D eigenvalue weighted by Gasteiger charge is -2.17. The van der Waals surface area contributed by atoms with Gasteiger partial charge in [-0.2, -0.15) is 0 Å². The summed E-state index contributed by atoms with van der Waals surface area (Å²) in [6.45, 7) is 0. The standard InChI is InChI=1S/C2HF3O8/c3-11-8-2(1(6)7,9-12-4)10-13-5/h(H,6,7). The molecule has 0 aliphatic heterocycles. The van der Waals surface area contributed by atoms with Crippen LogP contribution in [0, 0.1) is 0 Å². The maximum absolute atomic E-state index is 11.0. The molecule has 0 bridgehead atoms. The average molecular weight is 210 g/mol. The van der Waals surface area contributed by atoms with E-state index in [1.165, 1.54) is 0 Å². The Morgan fingerprint density at radius 3 is 1.46 bits per heavy atom. The van der Waals surface area contributed by atoms with Crippen molar-refractivity contribution in [3.63, 3.8) is 0 Å². The number of hydrogen-bond donors (Lipinski definition) is 1. The summed E-state index contributed by atoms with van der Waals surface area (Å²) in [5, 5.41) is 14.9. The molecule has 0 spiro atoms. The highest BCUT2D eigenvalue weighted by atomic mass is 19.3. The van der Waals surface area contributed by atoms with E-state index in [-0.39, 0.29) is 0 Å². The Morgan fingerprint density at radius 1 is 1.00 bits per heavy atom. The topological polar surface area (TPSA) is 92.7 Å². The first kappa shape index (κ1) is 12.0. The van der Waals surface area contributed by atoms with Gasteiger partial charge in [0.05, 0.1) is 0 Å². The molecular weight excluding hydrogens is 209 g/mol. The summed E-state index contributed by atoms with van der Waals surface area (Å²) in [7, 11) is 0. The fourth-order valence-corrected chi connectivity index (χ4v) is 0.273. The molecule has 0 heterocycles. The fourth-order valence-electron chi connectivity index (χ4n) is 0.273. The first-order chi connectivity index (χ1) is 6.13. The van der Waals surface area contributed by atoms with Gasteiger partial charge in [-0.25, -0.2) is 4.79 Å². The van der Waals surface area contributed by atoms with E-state index in [4.69, 9.17) is 5.11 Å². The third kappa shape index (κ3) is 3.10. The van der Waals surface area contributed by atoms with Gasteiger partial charge in [-0.3, -0.25) is 0 Å². The maximum atomic E-state index is 11.0. The zero-order chi connectivity index (χ0) is 10.3. The summed E-state index contributed by atoms with van der Waals surface area (Å²) in [6, 6.07) is 0. The summed E-state index contributed by atoms with van der Waals surface area (Å²) in [5.41, 5.74) is 0. The van der Waals surface area contributed by atoms with Gasteiger partial charge in [-0.1, -0.05) is 0 Å². The largest absolute Gasteiger partial charge is 0.475 e. The zero-order valence-corrected chi connectivity index (χ0v) is 5.44. The Kier molecular flexibility index (Phi) is 5.20. The van der Waals surface area contributed by atoms with Crippen LogP contribution in [0.2, 0.25) is 0 Å². The van der Waals surface area contributed by atoms with Crippen LogP contribution in [0.3, 0.4) is 0 Å². The Morgan fingerprint density at radius 2 is 1.31 bits per heavy atom. The minimum atomic E-state index is -3.72. The molecule has 0 radical (unpaired) electrons. The van der Waals surface area contributed by atoms with Crippen LogP contribution >= 0.6 is 0 Å². The molecule has 0 aromatic rings. The third-order valence-corrected chi connectivity index (χ3v) is 0.686. The van der Waals surface area contributed by atoms with Crippen molar-refractivity contribution >= 4 is 5.97 Å². The fraction of sp³-hybridized carbons (Fsp3) is 0.500. The smallest absolute Gasteiger partial charge is 0.472 e. The molecule has 1 N–H and O–H groups in total. The second-order valence-corrected chi connectivity index (χ2v) is 1.30. The predicted octanol–water partition coefficient (Wildman–Crippen LogP) is 0.223. The van der Waals surface area contributed by atoms with Gasteiger partial charge in [0.2, 0.25) is 0 Å². The van der Waals surface area contributed by atoms with Crippen molar-refractivity contribution in [3.8, 4) is 0 Å². The van der Waals surface area contributed by atoms with E-state index in [9.17, 15) is 18.4 Å². The van der Waals surface area contributed by atoms with E-state index < -0.39 is 11.9 Å². The Balaban J connectivity index is 4.48. The van der Waals surface area contributed by atoms with Crippen molar-refractivity contribution in [1.82, 2.24) is 0 Å². The predicted molar refractivity (Wildman–Crippen MR) is 20.2 cm³/mol. The quantitative estimate of drug-likeness (QED) is 0.362. The average Bonchev–Trinajstić information content (AvgIpc) is 2.05. The summed E-state index contributed by atoms with van der Waals surface area (Å²) in [4.78, 5) is 19.2. The second kappa shape index (κ2) is 5.63. The van der Waals surface area contributed by atoms with Crippen LogP contribution in [-0.4, -0.2) is 17.0 Å². The Bertz CT molecular complexity index is 144. The maximum Gasteiger partial charge on any atom is 0.472 e. The van der Waals surface area contributed by atoms with Crippen molar-refractivity contribution in [1.29, 1.82) is 0 Å². The Hall–Kier alpha value is -0.980. The molecule has 0 fully saturated rings. The van der Waals surface area contributed by atoms with Gasteiger partial charge < -0.3 is 5.11 Å². The molecule has 11 heteroatoms. The van der Waals surface area contributed by atoms with Crippen LogP contribution in [0.5, 0.6) is 0 Å². The van der Waals surface area contributed by atoms with Gasteiger partial charge in [-0.15, -0.1) is 14.7 Å². The van der Waals surface area contributed by atoms with Crippen molar-refractivity contribution in [2.24, 2.45) is 0 Å². The SMILES string of the molecule is O=C(O)C(OOF)(OOF)OOF. The van der Waals surface area contributed by atoms with Crippen LogP contribution in [-0.2, 0) is 34.7 Å². The number of carboxylic acids is 1. The lowest BCUT2D eigenvalue weighted by Crippen LogP contribution is -2.45. The molecule has 0 rings (SSSR count). The van der Waals surface area contributed by atoms with Crippen LogP contribution in [0.25, 0.3) is 0 Å². The Labute approximate surface area is 66.7 Å². The lowest BCUT2D eigenvalue weighted by atomic mass is 10.6. The zero-order valence-electron chi connectivity index (χ0n) is 5.44. The molecule has 0 aromatic carbocycles. The normalized spacial score (nSPS) is 11.6. The highest BCUT2D eigenvalue weighted by Crippen LogP contribution is 2.18. The van der Waals surface area contributed by atoms with Crippen LogP contribution in [0.1, 0.15) is 0 Å². The number of aliphatic carboxylic acids is 1. The van der Waals surface area contributed by atoms with Gasteiger partial charge in [0, 0.05) is 0 Å². The summed E-state index contributed by atoms with van der Waals surface area (Å²) < 4.78 is 33.0. The number of rotatable bonds is 7. The molecule has 0 saturated carbocycles. The molecule has 0 saturated heterocycles. The van der Waals surface area contributed by atoms with E-state index in [2.05, 4.69) is 29.9 Å². The molecule has 0 amide bonds. The van der Waals surface area contributed by atoms with Crippen molar-refractivity contribution in [2.75, 3.05) is 0 Å². The van der Waals surface area contributed by atoms with Crippen LogP contribution in [0.4, 0.5) is 13.6 Å². The molecule has 8 nitrogen and oxygen atoms in total. The molecular formula is C2HF3O8.